The summed E-state index contributed by atoms with van der Waals surface area (Å²) >= 11 is 0. The van der Waals surface area contributed by atoms with Crippen molar-refractivity contribution in [2.24, 2.45) is 0 Å². The van der Waals surface area contributed by atoms with Crippen molar-refractivity contribution in [1.82, 2.24) is 18.9 Å². The zero-order chi connectivity index (χ0) is 25.6. The summed E-state index contributed by atoms with van der Waals surface area (Å²) in [5.41, 5.74) is -0.359. The van der Waals surface area contributed by atoms with Crippen LogP contribution in [0.1, 0.15) is 62.1 Å². The third-order valence-electron chi connectivity index (χ3n) is 6.62. The molecular formula is C26H28FN5O4. The molecule has 2 aliphatic rings. The second-order valence-electron chi connectivity index (χ2n) is 9.75. The van der Waals surface area contributed by atoms with Crippen LogP contribution in [0.5, 0.6) is 5.88 Å². The topological polar surface area (TPSA) is 99.8 Å². The van der Waals surface area contributed by atoms with Gasteiger partial charge in [0.25, 0.3) is 11.5 Å². The second kappa shape index (κ2) is 9.06. The van der Waals surface area contributed by atoms with E-state index < -0.39 is 29.1 Å². The summed E-state index contributed by atoms with van der Waals surface area (Å²) < 4.78 is 28.1. The number of terminal acetylenes is 1. The number of alkyl halides is 1. The number of aromatic nitrogens is 4. The Labute approximate surface area is 207 Å². The Morgan fingerprint density at radius 1 is 1.39 bits per heavy atom. The second-order valence-corrected chi connectivity index (χ2v) is 9.75. The molecule has 0 aromatic carbocycles. The van der Waals surface area contributed by atoms with Crippen molar-refractivity contribution in [3.63, 3.8) is 0 Å². The molecule has 3 aromatic heterocycles. The number of ether oxygens (including phenoxy) is 2. The maximum Gasteiger partial charge on any atom is 0.274 e. The molecule has 4 atom stereocenters. The molecule has 1 saturated heterocycles. The molecule has 1 aliphatic heterocycles. The molecule has 1 N–H and O–H groups in total. The Hall–Kier alpha value is -3.71. The molecule has 5 rings (SSSR count). The molecular weight excluding hydrogens is 465 g/mol. The number of anilines is 1. The first-order valence-electron chi connectivity index (χ1n) is 12.0. The van der Waals surface area contributed by atoms with Crippen LogP contribution in [-0.2, 0) is 10.2 Å². The summed E-state index contributed by atoms with van der Waals surface area (Å²) in [5.74, 6) is 2.68. The van der Waals surface area contributed by atoms with Gasteiger partial charge in [0.1, 0.15) is 17.4 Å². The van der Waals surface area contributed by atoms with Gasteiger partial charge in [0.2, 0.25) is 11.7 Å². The molecule has 0 radical (unpaired) electrons. The number of rotatable bonds is 6. The number of hydrogen-bond acceptors (Lipinski definition) is 6. The fourth-order valence-electron chi connectivity index (χ4n) is 4.38. The highest BCUT2D eigenvalue weighted by atomic mass is 19.1. The Balaban J connectivity index is 1.51. The van der Waals surface area contributed by atoms with Gasteiger partial charge in [-0.05, 0) is 45.7 Å². The van der Waals surface area contributed by atoms with Crippen molar-refractivity contribution < 1.29 is 18.7 Å². The number of halogens is 1. The van der Waals surface area contributed by atoms with E-state index in [1.54, 1.807) is 22.9 Å². The van der Waals surface area contributed by atoms with Gasteiger partial charge in [-0.1, -0.05) is 5.92 Å². The van der Waals surface area contributed by atoms with Crippen LogP contribution in [0.3, 0.4) is 0 Å². The van der Waals surface area contributed by atoms with Crippen LogP contribution in [0.25, 0.3) is 5.78 Å². The standard InChI is InChI=1S/C26H28FN5O4/c1-5-26(9-8-16(4)35-14-26)21-13-31-12-17(23(36-15(2)3)30-25(31)29-21)22(33)28-19-7-6-10-32(24(19)34)20-11-18(20)27/h1,6-7,10,12-13,15-16,18,20H,8-9,11,14H2,2-4H3,(H,28,33)/t16?,18-,20+,26+/m1/s1. The minimum atomic E-state index is -1.05. The molecule has 2 fully saturated rings. The van der Waals surface area contributed by atoms with Crippen LogP contribution in [-0.4, -0.2) is 49.8 Å². The zero-order valence-electron chi connectivity index (χ0n) is 20.4. The van der Waals surface area contributed by atoms with Crippen LogP contribution in [0.15, 0.2) is 35.5 Å². The Morgan fingerprint density at radius 3 is 2.81 bits per heavy atom. The van der Waals surface area contributed by atoms with Crippen LogP contribution in [0, 0.1) is 12.3 Å². The fourth-order valence-corrected chi connectivity index (χ4v) is 4.38. The number of amides is 1. The minimum absolute atomic E-state index is 0.0447. The monoisotopic (exact) mass is 493 g/mol. The van der Waals surface area contributed by atoms with E-state index in [9.17, 15) is 14.0 Å². The lowest BCUT2D eigenvalue weighted by atomic mass is 9.79. The number of carbonyl (C=O) groups excluding carboxylic acids is 1. The number of carbonyl (C=O) groups is 1. The van der Waals surface area contributed by atoms with E-state index in [1.165, 1.54) is 16.8 Å². The summed E-state index contributed by atoms with van der Waals surface area (Å²) in [6, 6.07) is 2.59. The van der Waals surface area contributed by atoms with Gasteiger partial charge < -0.3 is 19.4 Å². The van der Waals surface area contributed by atoms with E-state index in [-0.39, 0.29) is 35.8 Å². The molecule has 1 unspecified atom stereocenters. The number of fused-ring (bicyclic) bond motifs is 1. The van der Waals surface area contributed by atoms with Crippen molar-refractivity contribution >= 4 is 17.4 Å². The predicted octanol–water partition coefficient (Wildman–Crippen LogP) is 3.28. The van der Waals surface area contributed by atoms with Crippen molar-refractivity contribution in [3.05, 3.63) is 52.3 Å². The third kappa shape index (κ3) is 4.35. The number of nitrogens with one attached hydrogen (secondary N) is 1. The lowest BCUT2D eigenvalue weighted by Gasteiger charge is -2.33. The number of pyridine rings is 1. The number of imidazole rings is 1. The number of nitrogens with zero attached hydrogens (tertiary/aromatic N) is 4. The molecule has 0 spiro atoms. The van der Waals surface area contributed by atoms with Gasteiger partial charge in [0.15, 0.2) is 0 Å². The fraction of sp³-hybridized carbons (Fsp3) is 0.462. The van der Waals surface area contributed by atoms with Crippen LogP contribution in [0.2, 0.25) is 0 Å². The maximum absolute atomic E-state index is 13.5. The molecule has 1 saturated carbocycles. The van der Waals surface area contributed by atoms with Gasteiger partial charge in [-0.15, -0.1) is 6.42 Å². The average molecular weight is 494 g/mol. The van der Waals surface area contributed by atoms with E-state index in [0.717, 1.165) is 12.8 Å². The molecule has 4 heterocycles. The van der Waals surface area contributed by atoms with Gasteiger partial charge in [0.05, 0.1) is 36.0 Å². The highest BCUT2D eigenvalue weighted by Gasteiger charge is 2.40. The molecule has 0 bridgehead atoms. The van der Waals surface area contributed by atoms with E-state index in [1.807, 2.05) is 20.8 Å². The van der Waals surface area contributed by atoms with Crippen LogP contribution >= 0.6 is 0 Å². The molecule has 9 nitrogen and oxygen atoms in total. The van der Waals surface area contributed by atoms with E-state index >= 15 is 0 Å². The maximum atomic E-state index is 13.5. The molecule has 1 aliphatic carbocycles. The first-order chi connectivity index (χ1) is 17.2. The highest BCUT2D eigenvalue weighted by molar-refractivity contribution is 6.05. The van der Waals surface area contributed by atoms with Gasteiger partial charge in [-0.2, -0.15) is 4.98 Å². The first kappa shape index (κ1) is 24.0. The highest BCUT2D eigenvalue weighted by Crippen LogP contribution is 2.38. The van der Waals surface area contributed by atoms with E-state index in [4.69, 9.17) is 15.9 Å². The lowest BCUT2D eigenvalue weighted by molar-refractivity contribution is -0.00419. The summed E-state index contributed by atoms with van der Waals surface area (Å²) in [7, 11) is 0. The first-order valence-corrected chi connectivity index (χ1v) is 12.0. The minimum Gasteiger partial charge on any atom is -0.474 e. The summed E-state index contributed by atoms with van der Waals surface area (Å²) in [5, 5.41) is 2.64. The van der Waals surface area contributed by atoms with Crippen molar-refractivity contribution in [3.8, 4) is 18.2 Å². The zero-order valence-corrected chi connectivity index (χ0v) is 20.4. The molecule has 3 aromatic rings. The molecule has 10 heteroatoms. The van der Waals surface area contributed by atoms with E-state index in [2.05, 4.69) is 21.2 Å². The lowest BCUT2D eigenvalue weighted by Crippen LogP contribution is -2.38. The number of hydrogen-bond donors (Lipinski definition) is 1. The molecule has 1 amide bonds. The van der Waals surface area contributed by atoms with Gasteiger partial charge in [-0.3, -0.25) is 14.0 Å². The van der Waals surface area contributed by atoms with Crippen molar-refractivity contribution in [2.75, 3.05) is 11.9 Å². The van der Waals surface area contributed by atoms with Gasteiger partial charge in [0, 0.05) is 25.0 Å². The Morgan fingerprint density at radius 2 is 2.17 bits per heavy atom. The van der Waals surface area contributed by atoms with Gasteiger partial charge >= 0.3 is 0 Å². The van der Waals surface area contributed by atoms with Crippen molar-refractivity contribution in [2.45, 2.75) is 69.9 Å². The summed E-state index contributed by atoms with van der Waals surface area (Å²) in [4.78, 5) is 35.2. The normalized spacial score (nSPS) is 25.5. The largest absolute Gasteiger partial charge is 0.474 e. The summed E-state index contributed by atoms with van der Waals surface area (Å²) in [6.45, 7) is 5.99. The summed E-state index contributed by atoms with van der Waals surface area (Å²) in [6.07, 6.45) is 11.4. The average Bonchev–Trinajstić information content (AvgIpc) is 3.41. The smallest absolute Gasteiger partial charge is 0.274 e. The Bertz CT molecular complexity index is 1410. The molecule has 36 heavy (non-hydrogen) atoms. The van der Waals surface area contributed by atoms with Crippen molar-refractivity contribution in [1.29, 1.82) is 0 Å². The SMILES string of the molecule is C#C[C@]1(c2cn3cc(C(=O)Nc4cccn([C@H]5C[C@H]5F)c4=O)c(OC(C)C)nc3n2)CCC(C)OC1. The van der Waals surface area contributed by atoms with Crippen LogP contribution < -0.4 is 15.6 Å². The predicted molar refractivity (Wildman–Crippen MR) is 131 cm³/mol. The third-order valence-corrected chi connectivity index (χ3v) is 6.62. The Kier molecular flexibility index (Phi) is 6.04. The van der Waals surface area contributed by atoms with Crippen LogP contribution in [0.4, 0.5) is 10.1 Å². The van der Waals surface area contributed by atoms with E-state index in [0.29, 0.717) is 18.1 Å². The molecule has 188 valence electrons. The van der Waals surface area contributed by atoms with Gasteiger partial charge in [-0.25, -0.2) is 9.37 Å². The quantitative estimate of drug-likeness (QED) is 0.529.